The van der Waals surface area contributed by atoms with Crippen LogP contribution in [0, 0.1) is 0 Å². The number of nitrogens with zero attached hydrogens (tertiary/aromatic N) is 1. The smallest absolute Gasteiger partial charge is 0.373 e. The van der Waals surface area contributed by atoms with Gasteiger partial charge in [-0.1, -0.05) is 29.0 Å². The summed E-state index contributed by atoms with van der Waals surface area (Å²) in [5, 5.41) is 7.69. The highest BCUT2D eigenvalue weighted by Gasteiger charge is 2.27. The van der Waals surface area contributed by atoms with Crippen LogP contribution < -0.4 is 16.0 Å². The first kappa shape index (κ1) is 23.9. The Labute approximate surface area is 188 Å². The maximum Gasteiger partial charge on any atom is 0.401 e. The molecule has 3 N–H and O–H groups in total. The van der Waals surface area contributed by atoms with Crippen LogP contribution in [0.1, 0.15) is 30.9 Å². The van der Waals surface area contributed by atoms with E-state index in [0.29, 0.717) is 27.3 Å². The van der Waals surface area contributed by atoms with E-state index in [2.05, 4.69) is 20.9 Å². The van der Waals surface area contributed by atoms with Gasteiger partial charge in [-0.3, -0.25) is 14.8 Å². The van der Waals surface area contributed by atoms with Crippen LogP contribution >= 0.6 is 22.9 Å². The van der Waals surface area contributed by atoms with E-state index in [1.54, 1.807) is 12.1 Å². The zero-order chi connectivity index (χ0) is 22.4. The molecule has 1 saturated heterocycles. The van der Waals surface area contributed by atoms with Gasteiger partial charge in [0, 0.05) is 22.8 Å². The molecule has 1 aliphatic heterocycles. The normalized spacial score (nSPS) is 17.9. The van der Waals surface area contributed by atoms with Crippen molar-refractivity contribution in [3.05, 3.63) is 34.3 Å². The fourth-order valence-corrected chi connectivity index (χ4v) is 4.71. The molecule has 170 valence electrons. The van der Waals surface area contributed by atoms with Crippen LogP contribution in [0.5, 0.6) is 0 Å². The Morgan fingerprint density at radius 3 is 2.77 bits per heavy atom. The van der Waals surface area contributed by atoms with Gasteiger partial charge in [-0.2, -0.15) is 13.2 Å². The molecule has 2 amide bonds. The molecular weight excluding hydrogens is 477 g/mol. The minimum absolute atomic E-state index is 0.246. The molecule has 2 unspecified atom stereocenters. The summed E-state index contributed by atoms with van der Waals surface area (Å²) >= 11 is 6.90. The Kier molecular flexibility index (Phi) is 8.28. The van der Waals surface area contributed by atoms with Gasteiger partial charge in [0.15, 0.2) is 5.13 Å². The quantitative estimate of drug-likeness (QED) is 0.507. The summed E-state index contributed by atoms with van der Waals surface area (Å²) in [7, 11) is -1.74. The van der Waals surface area contributed by atoms with Crippen molar-refractivity contribution in [3.8, 4) is 0 Å². The third kappa shape index (κ3) is 7.42. The first-order chi connectivity index (χ1) is 14.7. The van der Waals surface area contributed by atoms with E-state index in [9.17, 15) is 22.2 Å². The first-order valence-electron chi connectivity index (χ1n) is 9.32. The van der Waals surface area contributed by atoms with E-state index in [-0.39, 0.29) is 16.9 Å². The minimum Gasteiger partial charge on any atom is -0.373 e. The second-order valence-electron chi connectivity index (χ2n) is 6.68. The van der Waals surface area contributed by atoms with E-state index in [4.69, 9.17) is 16.3 Å². The summed E-state index contributed by atoms with van der Waals surface area (Å²) in [5.74, 6) is -0.373. The molecular formula is C18H20ClF3N4O3S2. The Balaban J connectivity index is 1.76. The number of alkyl halides is 3. The van der Waals surface area contributed by atoms with Crippen molar-refractivity contribution >= 4 is 50.6 Å². The number of aromatic nitrogens is 1. The van der Waals surface area contributed by atoms with Crippen molar-refractivity contribution in [3.63, 3.8) is 0 Å². The van der Waals surface area contributed by atoms with Crippen LogP contribution in [-0.4, -0.2) is 40.4 Å². The summed E-state index contributed by atoms with van der Waals surface area (Å²) in [6.45, 7) is -0.653. The monoisotopic (exact) mass is 496 g/mol. The van der Waals surface area contributed by atoms with Crippen molar-refractivity contribution in [1.82, 2.24) is 10.3 Å². The van der Waals surface area contributed by atoms with Gasteiger partial charge in [0.2, 0.25) is 0 Å². The van der Waals surface area contributed by atoms with Crippen molar-refractivity contribution in [2.75, 3.05) is 29.7 Å². The second-order valence-corrected chi connectivity index (χ2v) is 9.80. The number of urea groups is 1. The third-order valence-corrected chi connectivity index (χ3v) is 6.60. The number of carbonyl (C=O) groups excluding carboxylic acids is 1. The van der Waals surface area contributed by atoms with E-state index in [1.807, 2.05) is 0 Å². The Bertz CT molecular complexity index is 936. The van der Waals surface area contributed by atoms with Crippen LogP contribution in [0.25, 0.3) is 0 Å². The molecule has 1 aliphatic rings. The number of carbonyl (C=O) groups is 1. The Hall–Kier alpha value is -1.73. The molecule has 0 radical (unpaired) electrons. The van der Waals surface area contributed by atoms with Gasteiger partial charge in [0.05, 0.1) is 35.5 Å². The lowest BCUT2D eigenvalue weighted by Crippen LogP contribution is -2.31. The molecule has 31 heavy (non-hydrogen) atoms. The topological polar surface area (TPSA) is 92.4 Å². The molecule has 1 aromatic carbocycles. The van der Waals surface area contributed by atoms with E-state index < -0.39 is 29.6 Å². The lowest BCUT2D eigenvalue weighted by molar-refractivity contribution is -0.123. The van der Waals surface area contributed by atoms with Crippen molar-refractivity contribution in [2.24, 2.45) is 0 Å². The number of thiazole rings is 1. The average Bonchev–Trinajstić information content (AvgIpc) is 3.12. The predicted octanol–water partition coefficient (Wildman–Crippen LogP) is 4.90. The standard InChI is InChI=1S/C18H20ClF3N4O3S2/c19-15-8-24-17(30-15)26-16(27)25-13-7-11(31(28)10-23-9-18(20,21)22)4-5-12(13)14-3-1-2-6-29-14/h4-5,7-8,14,23H,1-3,6,9-10H2,(H2,24,25,26,27). The van der Waals surface area contributed by atoms with Gasteiger partial charge in [-0.25, -0.2) is 9.78 Å². The molecule has 0 saturated carbocycles. The van der Waals surface area contributed by atoms with E-state index in [1.165, 1.54) is 12.3 Å². The number of rotatable bonds is 7. The third-order valence-electron chi connectivity index (χ3n) is 4.32. The predicted molar refractivity (Wildman–Crippen MR) is 114 cm³/mol. The fourth-order valence-electron chi connectivity index (χ4n) is 2.98. The number of hydrogen-bond acceptors (Lipinski definition) is 6. The van der Waals surface area contributed by atoms with Gasteiger partial charge in [0.25, 0.3) is 0 Å². The Morgan fingerprint density at radius 2 is 2.13 bits per heavy atom. The maximum absolute atomic E-state index is 12.4. The molecule has 1 fully saturated rings. The molecule has 13 heteroatoms. The van der Waals surface area contributed by atoms with Gasteiger partial charge in [-0.05, 0) is 31.4 Å². The lowest BCUT2D eigenvalue weighted by atomic mass is 10.00. The highest BCUT2D eigenvalue weighted by atomic mass is 35.5. The van der Waals surface area contributed by atoms with Crippen LogP contribution in [0.4, 0.5) is 28.8 Å². The molecule has 1 aromatic heterocycles. The van der Waals surface area contributed by atoms with Crippen molar-refractivity contribution in [1.29, 1.82) is 0 Å². The van der Waals surface area contributed by atoms with Gasteiger partial charge in [-0.15, -0.1) is 0 Å². The largest absolute Gasteiger partial charge is 0.401 e. The lowest BCUT2D eigenvalue weighted by Gasteiger charge is -2.25. The van der Waals surface area contributed by atoms with E-state index in [0.717, 1.165) is 30.6 Å². The molecule has 2 atom stereocenters. The zero-order valence-electron chi connectivity index (χ0n) is 16.1. The number of anilines is 2. The summed E-state index contributed by atoms with van der Waals surface area (Å²) < 4.78 is 55.6. The van der Waals surface area contributed by atoms with E-state index >= 15 is 0 Å². The summed E-state index contributed by atoms with van der Waals surface area (Å²) in [6, 6.07) is 4.17. The number of benzene rings is 1. The van der Waals surface area contributed by atoms with Crippen LogP contribution in [0.2, 0.25) is 4.34 Å². The van der Waals surface area contributed by atoms with Crippen molar-refractivity contribution in [2.45, 2.75) is 36.4 Å². The van der Waals surface area contributed by atoms with Gasteiger partial charge >= 0.3 is 12.2 Å². The number of halogens is 4. The zero-order valence-corrected chi connectivity index (χ0v) is 18.5. The minimum atomic E-state index is -4.39. The highest BCUT2D eigenvalue weighted by Crippen LogP contribution is 2.34. The SMILES string of the molecule is O=C(Nc1ncc(Cl)s1)Nc1cc(S(=O)CNCC(F)(F)F)ccc1C1CCCCO1. The molecule has 3 rings (SSSR count). The molecule has 0 bridgehead atoms. The first-order valence-corrected chi connectivity index (χ1v) is 11.8. The summed E-state index contributed by atoms with van der Waals surface area (Å²) in [5.41, 5.74) is 1.07. The molecule has 0 spiro atoms. The van der Waals surface area contributed by atoms with Crippen LogP contribution in [-0.2, 0) is 15.5 Å². The van der Waals surface area contributed by atoms with Crippen LogP contribution in [0.15, 0.2) is 29.3 Å². The maximum atomic E-state index is 12.4. The highest BCUT2D eigenvalue weighted by molar-refractivity contribution is 7.85. The summed E-state index contributed by atoms with van der Waals surface area (Å²) in [6.07, 6.45) is -0.574. The van der Waals surface area contributed by atoms with Gasteiger partial charge < -0.3 is 10.1 Å². The van der Waals surface area contributed by atoms with Crippen LogP contribution in [0.3, 0.4) is 0 Å². The Morgan fingerprint density at radius 1 is 1.32 bits per heavy atom. The second kappa shape index (κ2) is 10.7. The number of hydrogen-bond donors (Lipinski definition) is 3. The fraction of sp³-hybridized carbons (Fsp3) is 0.444. The molecule has 0 aliphatic carbocycles. The molecule has 2 heterocycles. The summed E-state index contributed by atoms with van der Waals surface area (Å²) in [4.78, 5) is 16.7. The number of nitrogens with one attached hydrogen (secondary N) is 3. The number of ether oxygens (including phenoxy) is 1. The number of amides is 2. The molecule has 7 nitrogen and oxygen atoms in total. The van der Waals surface area contributed by atoms with Crippen molar-refractivity contribution < 1.29 is 26.9 Å². The van der Waals surface area contributed by atoms with Gasteiger partial charge in [0.1, 0.15) is 4.34 Å². The average molecular weight is 497 g/mol. The molecule has 2 aromatic rings.